The fraction of sp³-hybridized carbons (Fsp3) is 0.533. The molecule has 0 aliphatic carbocycles. The van der Waals surface area contributed by atoms with Gasteiger partial charge in [-0.1, -0.05) is 6.92 Å². The summed E-state index contributed by atoms with van der Waals surface area (Å²) < 4.78 is 13.6. The number of aromatic hydroxyl groups is 1. The summed E-state index contributed by atoms with van der Waals surface area (Å²) in [5.41, 5.74) is 0.549. The van der Waals surface area contributed by atoms with Gasteiger partial charge < -0.3 is 5.11 Å². The lowest BCUT2D eigenvalue weighted by Gasteiger charge is -2.37. The van der Waals surface area contributed by atoms with E-state index in [0.717, 1.165) is 18.4 Å². The number of carbonyl (C=O) groups excluding carboxylic acids is 1. The van der Waals surface area contributed by atoms with E-state index in [1.54, 1.807) is 0 Å². The molecule has 2 rings (SSSR count). The van der Waals surface area contributed by atoms with Gasteiger partial charge in [0.1, 0.15) is 11.6 Å². The number of thioether (sulfide) groups is 1. The number of ketones is 1. The highest BCUT2D eigenvalue weighted by Crippen LogP contribution is 2.30. The normalized spacial score (nSPS) is 23.8. The molecule has 5 heteroatoms. The maximum Gasteiger partial charge on any atom is 0.163 e. The number of rotatable bonds is 3. The van der Waals surface area contributed by atoms with Crippen molar-refractivity contribution in [3.8, 4) is 5.75 Å². The summed E-state index contributed by atoms with van der Waals surface area (Å²) >= 11 is 1.92. The molecular weight excluding hydrogens is 277 g/mol. The first-order chi connectivity index (χ1) is 9.40. The van der Waals surface area contributed by atoms with Crippen LogP contribution < -0.4 is 0 Å². The van der Waals surface area contributed by atoms with Crippen LogP contribution in [0.2, 0.25) is 0 Å². The van der Waals surface area contributed by atoms with Crippen molar-refractivity contribution in [2.45, 2.75) is 38.6 Å². The highest BCUT2D eigenvalue weighted by atomic mass is 32.2. The van der Waals surface area contributed by atoms with E-state index in [4.69, 9.17) is 0 Å². The number of carbonyl (C=O) groups is 1. The molecule has 0 bridgehead atoms. The van der Waals surface area contributed by atoms with E-state index in [-0.39, 0.29) is 17.1 Å². The predicted octanol–water partition coefficient (Wildman–Crippen LogP) is 3.06. The molecule has 1 fully saturated rings. The third-order valence-electron chi connectivity index (χ3n) is 3.92. The molecular formula is C15H20FNO2S. The molecule has 1 N–H and O–H groups in total. The molecule has 3 nitrogen and oxygen atoms in total. The quantitative estimate of drug-likeness (QED) is 0.871. The van der Waals surface area contributed by atoms with Crippen LogP contribution in [0.5, 0.6) is 5.75 Å². The Kier molecular flexibility index (Phi) is 4.70. The Bertz CT molecular complexity index is 521. The zero-order valence-electron chi connectivity index (χ0n) is 12.0. The summed E-state index contributed by atoms with van der Waals surface area (Å²) in [6.45, 7) is 7.02. The minimum Gasteiger partial charge on any atom is -0.507 e. The Morgan fingerprint density at radius 2 is 2.20 bits per heavy atom. The van der Waals surface area contributed by atoms with Gasteiger partial charge in [-0.3, -0.25) is 9.69 Å². The summed E-state index contributed by atoms with van der Waals surface area (Å²) in [7, 11) is 0. The second-order valence-corrected chi connectivity index (χ2v) is 6.79. The molecule has 1 heterocycles. The second kappa shape index (κ2) is 6.14. The first-order valence-corrected chi connectivity index (χ1v) is 7.83. The van der Waals surface area contributed by atoms with Crippen LogP contribution in [-0.2, 0) is 6.54 Å². The van der Waals surface area contributed by atoms with Crippen LogP contribution in [0.1, 0.15) is 36.7 Å². The smallest absolute Gasteiger partial charge is 0.163 e. The van der Waals surface area contributed by atoms with Crippen LogP contribution in [0.15, 0.2) is 12.1 Å². The van der Waals surface area contributed by atoms with Gasteiger partial charge in [-0.25, -0.2) is 4.39 Å². The van der Waals surface area contributed by atoms with Crippen LogP contribution >= 0.6 is 11.8 Å². The number of phenolic OH excluding ortho intramolecular Hbond substituents is 1. The van der Waals surface area contributed by atoms with Gasteiger partial charge in [-0.2, -0.15) is 11.8 Å². The fourth-order valence-electron chi connectivity index (χ4n) is 2.48. The molecule has 1 saturated heterocycles. The van der Waals surface area contributed by atoms with Gasteiger partial charge in [0.15, 0.2) is 5.78 Å². The van der Waals surface area contributed by atoms with Crippen molar-refractivity contribution in [1.82, 2.24) is 4.90 Å². The van der Waals surface area contributed by atoms with E-state index in [1.807, 2.05) is 11.8 Å². The first-order valence-electron chi connectivity index (χ1n) is 6.78. The molecule has 2 atom stereocenters. The van der Waals surface area contributed by atoms with Crippen LogP contribution in [0.4, 0.5) is 4.39 Å². The number of benzene rings is 1. The first kappa shape index (κ1) is 15.3. The summed E-state index contributed by atoms with van der Waals surface area (Å²) in [4.78, 5) is 13.7. The van der Waals surface area contributed by atoms with E-state index in [0.29, 0.717) is 23.4 Å². The van der Waals surface area contributed by atoms with E-state index in [9.17, 15) is 14.3 Å². The largest absolute Gasteiger partial charge is 0.507 e. The molecule has 1 aliphatic rings. The van der Waals surface area contributed by atoms with Gasteiger partial charge >= 0.3 is 0 Å². The van der Waals surface area contributed by atoms with Crippen molar-refractivity contribution in [2.75, 3.05) is 12.3 Å². The molecule has 1 aliphatic heterocycles. The SMILES string of the molecule is CC(=O)c1cc(F)cc(CN2CCSC(C)C2C)c1O. The average Bonchev–Trinajstić information content (AvgIpc) is 2.38. The van der Waals surface area contributed by atoms with Crippen molar-refractivity contribution in [3.05, 3.63) is 29.1 Å². The highest BCUT2D eigenvalue weighted by molar-refractivity contribution is 8.00. The van der Waals surface area contributed by atoms with E-state index in [2.05, 4.69) is 18.7 Å². The van der Waals surface area contributed by atoms with Crippen molar-refractivity contribution < 1.29 is 14.3 Å². The van der Waals surface area contributed by atoms with Crippen LogP contribution in [0.25, 0.3) is 0 Å². The predicted molar refractivity (Wildman–Crippen MR) is 79.9 cm³/mol. The lowest BCUT2D eigenvalue weighted by molar-refractivity contribution is 0.101. The maximum absolute atomic E-state index is 13.6. The standard InChI is InChI=1S/C15H20FNO2S/c1-9-11(3)20-5-4-17(9)8-12-6-13(16)7-14(10(2)18)15(12)19/h6-7,9,11,19H,4-5,8H2,1-3H3. The summed E-state index contributed by atoms with van der Waals surface area (Å²) in [5.74, 6) is 0.146. The molecule has 110 valence electrons. The fourth-order valence-corrected chi connectivity index (χ4v) is 3.64. The second-order valence-electron chi connectivity index (χ2n) is 5.30. The number of nitrogens with zero attached hydrogens (tertiary/aromatic N) is 1. The Balaban J connectivity index is 2.27. The molecule has 2 unspecified atom stereocenters. The van der Waals surface area contributed by atoms with Crippen molar-refractivity contribution in [1.29, 1.82) is 0 Å². The maximum atomic E-state index is 13.6. The molecule has 0 amide bonds. The summed E-state index contributed by atoms with van der Waals surface area (Å²) in [6, 6.07) is 2.78. The average molecular weight is 297 g/mol. The van der Waals surface area contributed by atoms with Gasteiger partial charge in [0, 0.05) is 35.7 Å². The van der Waals surface area contributed by atoms with E-state index in [1.165, 1.54) is 13.0 Å². The Morgan fingerprint density at radius 3 is 2.85 bits per heavy atom. The third-order valence-corrected chi connectivity index (χ3v) is 5.26. The summed E-state index contributed by atoms with van der Waals surface area (Å²) in [5, 5.41) is 10.7. The monoisotopic (exact) mass is 297 g/mol. The zero-order chi connectivity index (χ0) is 14.9. The zero-order valence-corrected chi connectivity index (χ0v) is 12.8. The van der Waals surface area contributed by atoms with Gasteiger partial charge in [-0.05, 0) is 26.0 Å². The van der Waals surface area contributed by atoms with Gasteiger partial charge in [0.05, 0.1) is 5.56 Å². The molecule has 1 aromatic rings. The number of hydrogen-bond acceptors (Lipinski definition) is 4. The highest BCUT2D eigenvalue weighted by Gasteiger charge is 2.26. The minimum atomic E-state index is -0.477. The topological polar surface area (TPSA) is 40.5 Å². The number of halogens is 1. The number of hydrogen-bond donors (Lipinski definition) is 1. The Labute approximate surface area is 123 Å². The van der Waals surface area contributed by atoms with Crippen LogP contribution in [0.3, 0.4) is 0 Å². The minimum absolute atomic E-state index is 0.0621. The van der Waals surface area contributed by atoms with Crippen LogP contribution in [-0.4, -0.2) is 39.4 Å². The van der Waals surface area contributed by atoms with Gasteiger partial charge in [0.2, 0.25) is 0 Å². The molecule has 0 spiro atoms. The molecule has 0 radical (unpaired) electrons. The number of phenols is 1. The van der Waals surface area contributed by atoms with Gasteiger partial charge in [-0.15, -0.1) is 0 Å². The van der Waals surface area contributed by atoms with Crippen molar-refractivity contribution in [2.24, 2.45) is 0 Å². The van der Waals surface area contributed by atoms with Crippen LogP contribution in [0, 0.1) is 5.82 Å². The molecule has 0 saturated carbocycles. The lowest BCUT2D eigenvalue weighted by Crippen LogP contribution is -2.44. The summed E-state index contributed by atoms with van der Waals surface area (Å²) in [6.07, 6.45) is 0. The number of Topliss-reactive ketones (excluding diaryl/α,β-unsaturated/α-hetero) is 1. The lowest BCUT2D eigenvalue weighted by atomic mass is 10.0. The molecule has 0 aromatic heterocycles. The third kappa shape index (κ3) is 3.15. The Morgan fingerprint density at radius 1 is 1.50 bits per heavy atom. The Hall–Kier alpha value is -1.07. The van der Waals surface area contributed by atoms with Gasteiger partial charge in [0.25, 0.3) is 0 Å². The van der Waals surface area contributed by atoms with Crippen molar-refractivity contribution in [3.63, 3.8) is 0 Å². The van der Waals surface area contributed by atoms with Crippen molar-refractivity contribution >= 4 is 17.5 Å². The van der Waals surface area contributed by atoms with E-state index < -0.39 is 5.82 Å². The molecule has 20 heavy (non-hydrogen) atoms. The molecule has 1 aromatic carbocycles. The van der Waals surface area contributed by atoms with E-state index >= 15 is 0 Å².